The smallest absolute Gasteiger partial charge is 0.162 e. The summed E-state index contributed by atoms with van der Waals surface area (Å²) in [4.78, 5) is 8.84. The lowest BCUT2D eigenvalue weighted by molar-refractivity contribution is 0.0977. The number of anilines is 2. The molecule has 2 saturated heterocycles. The van der Waals surface area contributed by atoms with Crippen molar-refractivity contribution in [1.29, 1.82) is 0 Å². The van der Waals surface area contributed by atoms with Crippen LogP contribution in [0.3, 0.4) is 0 Å². The number of benzene rings is 1. The predicted octanol–water partition coefficient (Wildman–Crippen LogP) is 2.27. The van der Waals surface area contributed by atoms with Crippen LogP contribution in [0.1, 0.15) is 24.0 Å². The summed E-state index contributed by atoms with van der Waals surface area (Å²) < 4.78 is 5.45. The van der Waals surface area contributed by atoms with Crippen molar-refractivity contribution in [1.82, 2.24) is 20.4 Å². The van der Waals surface area contributed by atoms with Gasteiger partial charge >= 0.3 is 0 Å². The lowest BCUT2D eigenvalue weighted by atomic mass is 9.92. The largest absolute Gasteiger partial charge is 0.386 e. The van der Waals surface area contributed by atoms with E-state index in [1.165, 1.54) is 11.3 Å². The molecule has 1 N–H and O–H groups in total. The molecule has 29 heavy (non-hydrogen) atoms. The van der Waals surface area contributed by atoms with Crippen molar-refractivity contribution in [3.63, 3.8) is 0 Å². The Kier molecular flexibility index (Phi) is 5.26. The molecule has 0 bridgehead atoms. The maximum atomic E-state index is 10.7. The maximum Gasteiger partial charge on any atom is 0.162 e. The van der Waals surface area contributed by atoms with E-state index in [4.69, 9.17) is 4.74 Å². The molecule has 2 fully saturated rings. The van der Waals surface area contributed by atoms with Gasteiger partial charge in [-0.1, -0.05) is 0 Å². The van der Waals surface area contributed by atoms with Crippen LogP contribution in [0.2, 0.25) is 0 Å². The number of ether oxygens (including phenoxy) is 1. The Labute approximate surface area is 173 Å². The number of hydrogen-bond donors (Lipinski definition) is 1. The van der Waals surface area contributed by atoms with E-state index in [0.29, 0.717) is 0 Å². The van der Waals surface area contributed by atoms with Crippen LogP contribution in [-0.2, 0) is 4.74 Å². The second kappa shape index (κ2) is 8.17. The standard InChI is InChI=1S/C20H24N6O2S/c27-18(20-21-5-11-29-20)14-2-1-6-26(13-14)19-16-4-3-15(12-17(16)22-24-23-19)25-7-9-28-10-8-25/h3-5,11-12,14,18,27H,1-2,6-10,13H2/t14-,18?/m0/s1. The molecule has 9 heteroatoms. The highest BCUT2D eigenvalue weighted by Gasteiger charge is 2.30. The average molecular weight is 413 g/mol. The summed E-state index contributed by atoms with van der Waals surface area (Å²) in [5.74, 6) is 0.979. The van der Waals surface area contributed by atoms with Crippen LogP contribution in [0.4, 0.5) is 11.5 Å². The molecule has 5 rings (SSSR count). The fraction of sp³-hybridized carbons (Fsp3) is 0.500. The predicted molar refractivity (Wildman–Crippen MR) is 112 cm³/mol. The van der Waals surface area contributed by atoms with Gasteiger partial charge in [-0.2, -0.15) is 0 Å². The molecule has 2 aliphatic rings. The Hall–Kier alpha value is -2.36. The second-order valence-corrected chi connectivity index (χ2v) is 8.50. The number of piperidine rings is 1. The summed E-state index contributed by atoms with van der Waals surface area (Å²) in [6.07, 6.45) is 3.20. The Morgan fingerprint density at radius 1 is 1.14 bits per heavy atom. The number of fused-ring (bicyclic) bond motifs is 1. The first-order valence-corrected chi connectivity index (χ1v) is 11.0. The van der Waals surface area contributed by atoms with Gasteiger partial charge in [0.15, 0.2) is 5.82 Å². The van der Waals surface area contributed by atoms with Crippen LogP contribution >= 0.6 is 11.3 Å². The minimum Gasteiger partial charge on any atom is -0.386 e. The van der Waals surface area contributed by atoms with Gasteiger partial charge in [0.25, 0.3) is 0 Å². The van der Waals surface area contributed by atoms with Crippen LogP contribution in [0.15, 0.2) is 29.8 Å². The lowest BCUT2D eigenvalue weighted by Gasteiger charge is -2.35. The van der Waals surface area contributed by atoms with Crippen molar-refractivity contribution in [3.8, 4) is 0 Å². The molecule has 0 saturated carbocycles. The topological polar surface area (TPSA) is 87.5 Å². The van der Waals surface area contributed by atoms with Gasteiger partial charge < -0.3 is 19.6 Å². The number of nitrogens with zero attached hydrogens (tertiary/aromatic N) is 6. The van der Waals surface area contributed by atoms with Crippen molar-refractivity contribution < 1.29 is 9.84 Å². The van der Waals surface area contributed by atoms with Gasteiger partial charge in [0, 0.05) is 54.7 Å². The van der Waals surface area contributed by atoms with E-state index in [0.717, 1.165) is 79.7 Å². The number of morpholine rings is 1. The van der Waals surface area contributed by atoms with Gasteiger partial charge in [-0.3, -0.25) is 0 Å². The van der Waals surface area contributed by atoms with Gasteiger partial charge in [-0.25, -0.2) is 4.98 Å². The summed E-state index contributed by atoms with van der Waals surface area (Å²) in [6, 6.07) is 6.31. The first-order chi connectivity index (χ1) is 14.3. The highest BCUT2D eigenvalue weighted by molar-refractivity contribution is 7.09. The SMILES string of the molecule is OC(c1nccs1)[C@H]1CCCN(c2nnnc3cc(N4CCOCC4)ccc23)C1. The molecule has 152 valence electrons. The summed E-state index contributed by atoms with van der Waals surface area (Å²) in [5.41, 5.74) is 1.99. The van der Waals surface area contributed by atoms with Crippen LogP contribution in [0, 0.1) is 5.92 Å². The molecule has 3 aromatic rings. The van der Waals surface area contributed by atoms with Gasteiger partial charge in [-0.05, 0) is 36.3 Å². The highest BCUT2D eigenvalue weighted by Crippen LogP contribution is 2.34. The highest BCUT2D eigenvalue weighted by atomic mass is 32.1. The Morgan fingerprint density at radius 3 is 2.86 bits per heavy atom. The quantitative estimate of drug-likeness (QED) is 0.698. The molecule has 8 nitrogen and oxygen atoms in total. The van der Waals surface area contributed by atoms with Gasteiger partial charge in [0.1, 0.15) is 16.6 Å². The Bertz CT molecular complexity index is 963. The number of thiazole rings is 1. The first kappa shape index (κ1) is 18.7. The molecule has 1 unspecified atom stereocenters. The van der Waals surface area contributed by atoms with E-state index < -0.39 is 6.10 Å². The number of aliphatic hydroxyl groups excluding tert-OH is 1. The maximum absolute atomic E-state index is 10.7. The normalized spacial score (nSPS) is 21.5. The van der Waals surface area contributed by atoms with Crippen LogP contribution in [0.5, 0.6) is 0 Å². The van der Waals surface area contributed by atoms with E-state index >= 15 is 0 Å². The zero-order chi connectivity index (χ0) is 19.6. The molecule has 0 amide bonds. The van der Waals surface area contributed by atoms with E-state index in [1.54, 1.807) is 6.20 Å². The van der Waals surface area contributed by atoms with Crippen molar-refractivity contribution in [3.05, 3.63) is 34.8 Å². The molecular weight excluding hydrogens is 388 g/mol. The monoisotopic (exact) mass is 412 g/mol. The molecular formula is C20H24N6O2S. The fourth-order valence-electron chi connectivity index (χ4n) is 4.25. The second-order valence-electron chi connectivity index (χ2n) is 7.58. The molecule has 2 atom stereocenters. The summed E-state index contributed by atoms with van der Waals surface area (Å²) in [5, 5.41) is 27.1. The van der Waals surface area contributed by atoms with E-state index in [9.17, 15) is 5.11 Å². The van der Waals surface area contributed by atoms with E-state index in [2.05, 4.69) is 48.4 Å². The molecule has 0 radical (unpaired) electrons. The van der Waals surface area contributed by atoms with Crippen LogP contribution < -0.4 is 9.80 Å². The fourth-order valence-corrected chi connectivity index (χ4v) is 4.97. The van der Waals surface area contributed by atoms with E-state index in [1.807, 2.05) is 5.38 Å². The summed E-state index contributed by atoms with van der Waals surface area (Å²) in [6.45, 7) is 4.92. The Morgan fingerprint density at radius 2 is 2.03 bits per heavy atom. The number of rotatable bonds is 4. The third-order valence-electron chi connectivity index (χ3n) is 5.80. The number of aromatic nitrogens is 4. The third kappa shape index (κ3) is 3.77. The van der Waals surface area contributed by atoms with Crippen molar-refractivity contribution in [2.24, 2.45) is 5.92 Å². The number of aliphatic hydroxyl groups is 1. The Balaban J connectivity index is 1.40. The first-order valence-electron chi connectivity index (χ1n) is 10.1. The van der Waals surface area contributed by atoms with Crippen molar-refractivity contribution >= 4 is 33.7 Å². The summed E-state index contributed by atoms with van der Waals surface area (Å²) >= 11 is 1.51. The number of hydrogen-bond acceptors (Lipinski definition) is 9. The molecule has 2 aromatic heterocycles. The molecule has 0 aliphatic carbocycles. The van der Waals surface area contributed by atoms with Gasteiger partial charge in [-0.15, -0.1) is 21.5 Å². The summed E-state index contributed by atoms with van der Waals surface area (Å²) in [7, 11) is 0. The van der Waals surface area contributed by atoms with Gasteiger partial charge in [0.05, 0.1) is 13.2 Å². The lowest BCUT2D eigenvalue weighted by Crippen LogP contribution is -2.38. The van der Waals surface area contributed by atoms with E-state index in [-0.39, 0.29) is 5.92 Å². The van der Waals surface area contributed by atoms with Crippen molar-refractivity contribution in [2.45, 2.75) is 18.9 Å². The molecule has 4 heterocycles. The van der Waals surface area contributed by atoms with Crippen LogP contribution in [-0.4, -0.2) is 64.9 Å². The van der Waals surface area contributed by atoms with Gasteiger partial charge in [0.2, 0.25) is 0 Å². The molecule has 2 aliphatic heterocycles. The third-order valence-corrected chi connectivity index (χ3v) is 6.64. The zero-order valence-electron chi connectivity index (χ0n) is 16.1. The minimum absolute atomic E-state index is 0.132. The average Bonchev–Trinajstić information content (AvgIpc) is 3.33. The molecule has 0 spiro atoms. The van der Waals surface area contributed by atoms with Crippen LogP contribution in [0.25, 0.3) is 10.9 Å². The minimum atomic E-state index is -0.535. The van der Waals surface area contributed by atoms with Crippen molar-refractivity contribution in [2.75, 3.05) is 49.2 Å². The molecule has 1 aromatic carbocycles. The zero-order valence-corrected chi connectivity index (χ0v) is 17.0.